The molecule has 2 rings (SSSR count). The summed E-state index contributed by atoms with van der Waals surface area (Å²) in [5.41, 5.74) is 2.12. The van der Waals surface area contributed by atoms with E-state index in [1.54, 1.807) is 18.2 Å². The molecule has 1 amide bonds. The molecular formula is C21H25F2N3O3S. The molecule has 0 aliphatic heterocycles. The van der Waals surface area contributed by atoms with Crippen LogP contribution in [-0.4, -0.2) is 25.6 Å². The first-order chi connectivity index (χ1) is 14.1. The third kappa shape index (κ3) is 7.55. The average molecular weight is 438 g/mol. The maximum absolute atomic E-state index is 14.0. The molecule has 0 aliphatic rings. The minimum Gasteiger partial charge on any atom is -0.348 e. The summed E-state index contributed by atoms with van der Waals surface area (Å²) in [5, 5.41) is 2.64. The van der Waals surface area contributed by atoms with Gasteiger partial charge in [0.2, 0.25) is 15.9 Å². The highest BCUT2D eigenvalue weighted by Crippen LogP contribution is 2.17. The smallest absolute Gasteiger partial charge is 0.244 e. The predicted octanol–water partition coefficient (Wildman–Crippen LogP) is 3.59. The molecule has 0 bridgehead atoms. The fourth-order valence-corrected chi connectivity index (χ4v) is 3.26. The second kappa shape index (κ2) is 10.3. The summed E-state index contributed by atoms with van der Waals surface area (Å²) in [6.45, 7) is 3.47. The molecular weight excluding hydrogens is 412 g/mol. The van der Waals surface area contributed by atoms with E-state index in [0.717, 1.165) is 23.6 Å². The molecule has 0 saturated carbocycles. The topological polar surface area (TPSA) is 88.2 Å². The molecule has 0 atom stereocenters. The molecule has 0 aliphatic carbocycles. The number of alkyl halides is 1. The van der Waals surface area contributed by atoms with Gasteiger partial charge in [-0.05, 0) is 47.7 Å². The summed E-state index contributed by atoms with van der Waals surface area (Å²) < 4.78 is 51.3. The van der Waals surface area contributed by atoms with Crippen molar-refractivity contribution in [3.8, 4) is 0 Å². The molecule has 0 unspecified atom stereocenters. The van der Waals surface area contributed by atoms with Gasteiger partial charge in [-0.25, -0.2) is 17.2 Å². The van der Waals surface area contributed by atoms with Crippen molar-refractivity contribution < 1.29 is 22.0 Å². The number of rotatable bonds is 9. The quantitative estimate of drug-likeness (QED) is 0.587. The molecule has 162 valence electrons. The van der Waals surface area contributed by atoms with E-state index in [1.165, 1.54) is 18.2 Å². The van der Waals surface area contributed by atoms with Crippen LogP contribution in [0.25, 0.3) is 6.08 Å². The lowest BCUT2D eigenvalue weighted by Gasteiger charge is -2.10. The lowest BCUT2D eigenvalue weighted by molar-refractivity contribution is -0.116. The van der Waals surface area contributed by atoms with Crippen molar-refractivity contribution in [2.75, 3.05) is 11.0 Å². The molecule has 1 aromatic carbocycles. The van der Waals surface area contributed by atoms with Gasteiger partial charge in [-0.15, -0.1) is 0 Å². The summed E-state index contributed by atoms with van der Waals surface area (Å²) in [6, 6.07) is 7.27. The van der Waals surface area contributed by atoms with Crippen LogP contribution in [-0.2, 0) is 34.5 Å². The Hall–Kier alpha value is -2.81. The van der Waals surface area contributed by atoms with Gasteiger partial charge in [-0.3, -0.25) is 14.5 Å². The number of halogens is 2. The third-order valence-corrected chi connectivity index (χ3v) is 4.61. The Morgan fingerprint density at radius 3 is 2.57 bits per heavy atom. The number of aromatic nitrogens is 1. The number of nitrogens with zero attached hydrogens (tertiary/aromatic N) is 1. The molecule has 6 nitrogen and oxygen atoms in total. The fourth-order valence-electron chi connectivity index (χ4n) is 2.70. The number of amides is 1. The first-order valence-electron chi connectivity index (χ1n) is 9.34. The molecule has 30 heavy (non-hydrogen) atoms. The minimum atomic E-state index is -3.58. The summed E-state index contributed by atoms with van der Waals surface area (Å²) in [5.74, 6) is -0.803. The lowest BCUT2D eigenvalue weighted by atomic mass is 10.0. The summed E-state index contributed by atoms with van der Waals surface area (Å²) >= 11 is 0. The van der Waals surface area contributed by atoms with E-state index in [9.17, 15) is 22.0 Å². The molecule has 9 heteroatoms. The number of anilines is 1. The third-order valence-electron chi connectivity index (χ3n) is 4.02. The largest absolute Gasteiger partial charge is 0.348 e. The Morgan fingerprint density at radius 1 is 1.23 bits per heavy atom. The van der Waals surface area contributed by atoms with Crippen molar-refractivity contribution in [1.29, 1.82) is 0 Å². The normalized spacial score (nSPS) is 11.8. The van der Waals surface area contributed by atoms with Gasteiger partial charge in [-0.1, -0.05) is 26.0 Å². The minimum absolute atomic E-state index is 0.0666. The SMILES string of the molecule is CC(C)Cc1nc(CF)ccc1/C=C/C(=O)NCc1ccc(NS(C)(=O)=O)c(F)c1. The summed E-state index contributed by atoms with van der Waals surface area (Å²) in [4.78, 5) is 16.4. The molecule has 1 heterocycles. The van der Waals surface area contributed by atoms with Gasteiger partial charge in [-0.2, -0.15) is 0 Å². The Bertz CT molecular complexity index is 1040. The number of carbonyl (C=O) groups excluding carboxylic acids is 1. The Labute approximate surface area is 175 Å². The number of benzene rings is 1. The van der Waals surface area contributed by atoms with Gasteiger partial charge < -0.3 is 5.32 Å². The fraction of sp³-hybridized carbons (Fsp3) is 0.333. The van der Waals surface area contributed by atoms with E-state index >= 15 is 0 Å². The zero-order chi connectivity index (χ0) is 22.3. The monoisotopic (exact) mass is 437 g/mol. The van der Waals surface area contributed by atoms with Crippen LogP contribution in [0.4, 0.5) is 14.5 Å². The summed E-state index contributed by atoms with van der Waals surface area (Å²) in [7, 11) is -3.58. The Morgan fingerprint density at radius 2 is 1.97 bits per heavy atom. The first-order valence-corrected chi connectivity index (χ1v) is 11.2. The van der Waals surface area contributed by atoms with Gasteiger partial charge in [0, 0.05) is 18.3 Å². The number of sulfonamides is 1. The standard InChI is InChI=1S/C21H25F2N3O3S/c1-14(2)10-20-16(5-7-17(12-22)25-20)6-9-21(27)24-13-15-4-8-19(18(23)11-15)26-30(3,28)29/h4-9,11,14,26H,10,12-13H2,1-3H3,(H,24,27)/b9-6+. The number of carbonyl (C=O) groups is 1. The van der Waals surface area contributed by atoms with E-state index < -0.39 is 22.5 Å². The number of hydrogen-bond donors (Lipinski definition) is 2. The lowest BCUT2D eigenvalue weighted by Crippen LogP contribution is -2.20. The van der Waals surface area contributed by atoms with Crippen LogP contribution < -0.4 is 10.0 Å². The van der Waals surface area contributed by atoms with Gasteiger partial charge in [0.15, 0.2) is 0 Å². The van der Waals surface area contributed by atoms with Crippen molar-refractivity contribution in [3.05, 3.63) is 64.7 Å². The van der Waals surface area contributed by atoms with Crippen LogP contribution in [0.5, 0.6) is 0 Å². The van der Waals surface area contributed by atoms with Crippen molar-refractivity contribution in [3.63, 3.8) is 0 Å². The van der Waals surface area contributed by atoms with Crippen molar-refractivity contribution in [2.45, 2.75) is 33.5 Å². The van der Waals surface area contributed by atoms with Crippen LogP contribution in [0.1, 0.15) is 36.4 Å². The molecule has 2 N–H and O–H groups in total. The maximum atomic E-state index is 14.0. The van der Waals surface area contributed by atoms with E-state index in [1.807, 2.05) is 13.8 Å². The van der Waals surface area contributed by atoms with Crippen molar-refractivity contribution in [1.82, 2.24) is 10.3 Å². The summed E-state index contributed by atoms with van der Waals surface area (Å²) in [6.07, 6.45) is 4.54. The van der Waals surface area contributed by atoms with Crippen LogP contribution in [0, 0.1) is 11.7 Å². The van der Waals surface area contributed by atoms with Gasteiger partial charge in [0.1, 0.15) is 12.5 Å². The van der Waals surface area contributed by atoms with Crippen LogP contribution in [0.2, 0.25) is 0 Å². The highest BCUT2D eigenvalue weighted by Gasteiger charge is 2.09. The highest BCUT2D eigenvalue weighted by molar-refractivity contribution is 7.92. The molecule has 0 fully saturated rings. The second-order valence-corrected chi connectivity index (χ2v) is 9.06. The van der Waals surface area contributed by atoms with E-state index in [2.05, 4.69) is 15.0 Å². The second-order valence-electron chi connectivity index (χ2n) is 7.31. The molecule has 2 aromatic rings. The Balaban J connectivity index is 2.02. The van der Waals surface area contributed by atoms with Crippen LogP contribution in [0.15, 0.2) is 36.4 Å². The molecule has 0 radical (unpaired) electrons. The van der Waals surface area contributed by atoms with Gasteiger partial charge in [0.25, 0.3) is 0 Å². The predicted molar refractivity (Wildman–Crippen MR) is 113 cm³/mol. The van der Waals surface area contributed by atoms with E-state index in [4.69, 9.17) is 0 Å². The Kier molecular flexibility index (Phi) is 8.05. The zero-order valence-corrected chi connectivity index (χ0v) is 17.9. The first kappa shape index (κ1) is 23.5. The molecule has 1 aromatic heterocycles. The van der Waals surface area contributed by atoms with Crippen LogP contribution >= 0.6 is 0 Å². The van der Waals surface area contributed by atoms with Crippen LogP contribution in [0.3, 0.4) is 0 Å². The van der Waals surface area contributed by atoms with Crippen molar-refractivity contribution >= 4 is 27.7 Å². The zero-order valence-electron chi connectivity index (χ0n) is 17.1. The average Bonchev–Trinajstić information content (AvgIpc) is 2.65. The number of hydrogen-bond acceptors (Lipinski definition) is 4. The van der Waals surface area contributed by atoms with Crippen molar-refractivity contribution in [2.24, 2.45) is 5.92 Å². The van der Waals surface area contributed by atoms with Gasteiger partial charge >= 0.3 is 0 Å². The maximum Gasteiger partial charge on any atom is 0.244 e. The van der Waals surface area contributed by atoms with Gasteiger partial charge in [0.05, 0.1) is 17.6 Å². The van der Waals surface area contributed by atoms with E-state index in [0.29, 0.717) is 23.6 Å². The highest BCUT2D eigenvalue weighted by atomic mass is 32.2. The molecule has 0 spiro atoms. The molecule has 0 saturated heterocycles. The number of pyridine rings is 1. The number of nitrogens with one attached hydrogen (secondary N) is 2. The van der Waals surface area contributed by atoms with E-state index in [-0.39, 0.29) is 18.1 Å².